The molecule has 3 heteroatoms. The van der Waals surface area contributed by atoms with E-state index < -0.39 is 0 Å². The van der Waals surface area contributed by atoms with E-state index in [1.807, 2.05) is 0 Å². The van der Waals surface area contributed by atoms with Gasteiger partial charge in [-0.1, -0.05) is 33.6 Å². The smallest absolute Gasteiger partial charge is 0.224 e. The Balaban J connectivity index is 1.51. The minimum atomic E-state index is 0.211. The first-order chi connectivity index (χ1) is 11.3. The molecule has 2 unspecified atom stereocenters. The summed E-state index contributed by atoms with van der Waals surface area (Å²) in [5.74, 6) is 1.88. The second kappa shape index (κ2) is 5.59. The highest BCUT2D eigenvalue weighted by atomic mass is 79.9. The van der Waals surface area contributed by atoms with Crippen LogP contribution in [0.15, 0.2) is 12.1 Å². The Morgan fingerprint density at radius 3 is 2.25 bits per heavy atom. The summed E-state index contributed by atoms with van der Waals surface area (Å²) in [6.07, 6.45) is 8.44. The lowest BCUT2D eigenvalue weighted by atomic mass is 9.48. The zero-order chi connectivity index (χ0) is 17.1. The van der Waals surface area contributed by atoms with E-state index in [2.05, 4.69) is 54.2 Å². The SMILES string of the molecule is Cc1cc(C)c(NC(=O)CC23CC4CC(CC(Br)(C4)C2)C3)c(C)c1. The molecule has 4 fully saturated rings. The van der Waals surface area contributed by atoms with E-state index in [9.17, 15) is 4.79 Å². The highest BCUT2D eigenvalue weighted by Crippen LogP contribution is 2.65. The molecule has 1 aromatic rings. The predicted molar refractivity (Wildman–Crippen MR) is 103 cm³/mol. The van der Waals surface area contributed by atoms with Crippen molar-refractivity contribution in [3.8, 4) is 0 Å². The Kier molecular flexibility index (Phi) is 3.87. The molecule has 0 heterocycles. The number of benzene rings is 1. The van der Waals surface area contributed by atoms with Crippen LogP contribution < -0.4 is 5.32 Å². The van der Waals surface area contributed by atoms with Crippen LogP contribution in [0.4, 0.5) is 5.69 Å². The van der Waals surface area contributed by atoms with Crippen LogP contribution >= 0.6 is 15.9 Å². The summed E-state index contributed by atoms with van der Waals surface area (Å²) in [5, 5.41) is 3.24. The van der Waals surface area contributed by atoms with Gasteiger partial charge in [-0.3, -0.25) is 4.79 Å². The average molecular weight is 390 g/mol. The summed E-state index contributed by atoms with van der Waals surface area (Å²) in [7, 11) is 0. The van der Waals surface area contributed by atoms with Gasteiger partial charge in [0, 0.05) is 16.4 Å². The lowest BCUT2D eigenvalue weighted by molar-refractivity contribution is -0.123. The first-order valence-electron chi connectivity index (χ1n) is 9.33. The molecule has 4 aliphatic carbocycles. The van der Waals surface area contributed by atoms with Gasteiger partial charge in [0.15, 0.2) is 0 Å². The van der Waals surface area contributed by atoms with Crippen LogP contribution in [-0.2, 0) is 4.79 Å². The molecule has 0 aromatic heterocycles. The van der Waals surface area contributed by atoms with Crippen molar-refractivity contribution in [2.45, 2.75) is 70.0 Å². The molecule has 4 aliphatic rings. The molecule has 24 heavy (non-hydrogen) atoms. The molecule has 0 radical (unpaired) electrons. The summed E-state index contributed by atoms with van der Waals surface area (Å²) >= 11 is 4.05. The van der Waals surface area contributed by atoms with E-state index >= 15 is 0 Å². The monoisotopic (exact) mass is 389 g/mol. The number of nitrogens with one attached hydrogen (secondary N) is 1. The van der Waals surface area contributed by atoms with Gasteiger partial charge in [-0.25, -0.2) is 0 Å². The Morgan fingerprint density at radius 2 is 1.71 bits per heavy atom. The minimum Gasteiger partial charge on any atom is -0.326 e. The van der Waals surface area contributed by atoms with Gasteiger partial charge < -0.3 is 5.32 Å². The second-order valence-corrected chi connectivity index (χ2v) is 10.8. The van der Waals surface area contributed by atoms with E-state index in [0.29, 0.717) is 10.7 Å². The number of amides is 1. The maximum absolute atomic E-state index is 12.9. The first kappa shape index (κ1) is 16.6. The maximum Gasteiger partial charge on any atom is 0.224 e. The summed E-state index contributed by atoms with van der Waals surface area (Å²) in [4.78, 5) is 12.9. The third-order valence-corrected chi connectivity index (χ3v) is 7.52. The van der Waals surface area contributed by atoms with Crippen molar-refractivity contribution in [3.63, 3.8) is 0 Å². The molecule has 4 bridgehead atoms. The largest absolute Gasteiger partial charge is 0.326 e. The van der Waals surface area contributed by atoms with Crippen molar-refractivity contribution >= 4 is 27.5 Å². The number of hydrogen-bond donors (Lipinski definition) is 1. The number of halogens is 1. The molecule has 1 amide bonds. The number of carbonyl (C=O) groups excluding carboxylic acids is 1. The van der Waals surface area contributed by atoms with Crippen LogP contribution in [0.5, 0.6) is 0 Å². The van der Waals surface area contributed by atoms with Gasteiger partial charge in [0.1, 0.15) is 0 Å². The van der Waals surface area contributed by atoms with Crippen molar-refractivity contribution < 1.29 is 4.79 Å². The molecule has 130 valence electrons. The molecule has 5 rings (SSSR count). The fourth-order valence-corrected chi connectivity index (χ4v) is 7.95. The lowest BCUT2D eigenvalue weighted by Gasteiger charge is -2.60. The van der Waals surface area contributed by atoms with E-state index in [4.69, 9.17) is 0 Å². The fraction of sp³-hybridized carbons (Fsp3) is 0.667. The Hall–Kier alpha value is -0.830. The van der Waals surface area contributed by atoms with E-state index in [0.717, 1.165) is 17.5 Å². The van der Waals surface area contributed by atoms with Crippen LogP contribution in [0.25, 0.3) is 0 Å². The van der Waals surface area contributed by atoms with Gasteiger partial charge in [0.2, 0.25) is 5.91 Å². The van der Waals surface area contributed by atoms with Crippen molar-refractivity contribution in [1.29, 1.82) is 0 Å². The molecule has 1 N–H and O–H groups in total. The Morgan fingerprint density at radius 1 is 1.12 bits per heavy atom. The van der Waals surface area contributed by atoms with Crippen molar-refractivity contribution in [2.24, 2.45) is 17.3 Å². The van der Waals surface area contributed by atoms with Crippen LogP contribution in [0.1, 0.15) is 61.6 Å². The number of alkyl halides is 1. The van der Waals surface area contributed by atoms with Gasteiger partial charge in [0.05, 0.1) is 0 Å². The number of aryl methyl sites for hydroxylation is 3. The topological polar surface area (TPSA) is 29.1 Å². The number of anilines is 1. The first-order valence-corrected chi connectivity index (χ1v) is 10.1. The van der Waals surface area contributed by atoms with Crippen LogP contribution in [0.2, 0.25) is 0 Å². The van der Waals surface area contributed by atoms with E-state index in [1.165, 1.54) is 55.2 Å². The fourth-order valence-electron chi connectivity index (χ4n) is 6.44. The third kappa shape index (κ3) is 2.94. The van der Waals surface area contributed by atoms with Crippen LogP contribution in [0, 0.1) is 38.0 Å². The zero-order valence-corrected chi connectivity index (χ0v) is 16.6. The molecule has 2 atom stereocenters. The molecule has 0 spiro atoms. The van der Waals surface area contributed by atoms with E-state index in [-0.39, 0.29) is 11.3 Å². The lowest BCUT2D eigenvalue weighted by Crippen LogP contribution is -2.53. The molecular formula is C21H28BrNO. The summed E-state index contributed by atoms with van der Waals surface area (Å²) in [6.45, 7) is 6.29. The van der Waals surface area contributed by atoms with Crippen molar-refractivity contribution in [1.82, 2.24) is 0 Å². The Labute approximate surface area is 153 Å². The third-order valence-electron chi connectivity index (χ3n) is 6.59. The Bertz CT molecular complexity index is 658. The zero-order valence-electron chi connectivity index (χ0n) is 15.0. The maximum atomic E-state index is 12.9. The van der Waals surface area contributed by atoms with Crippen LogP contribution in [-0.4, -0.2) is 10.2 Å². The highest BCUT2D eigenvalue weighted by Gasteiger charge is 2.57. The van der Waals surface area contributed by atoms with Gasteiger partial charge in [-0.2, -0.15) is 0 Å². The number of rotatable bonds is 3. The predicted octanol–water partition coefficient (Wildman–Crippen LogP) is 5.67. The molecule has 1 aromatic carbocycles. The van der Waals surface area contributed by atoms with Gasteiger partial charge in [-0.15, -0.1) is 0 Å². The van der Waals surface area contributed by atoms with Gasteiger partial charge in [0.25, 0.3) is 0 Å². The number of hydrogen-bond acceptors (Lipinski definition) is 1. The quantitative estimate of drug-likeness (QED) is 0.662. The van der Waals surface area contributed by atoms with E-state index in [1.54, 1.807) is 0 Å². The van der Waals surface area contributed by atoms with Crippen molar-refractivity contribution in [2.75, 3.05) is 5.32 Å². The summed E-state index contributed by atoms with van der Waals surface area (Å²) in [5.41, 5.74) is 4.85. The summed E-state index contributed by atoms with van der Waals surface area (Å²) < 4.78 is 0.326. The molecule has 0 aliphatic heterocycles. The van der Waals surface area contributed by atoms with Gasteiger partial charge in [-0.05, 0) is 87.7 Å². The molecule has 4 saturated carbocycles. The highest BCUT2D eigenvalue weighted by molar-refractivity contribution is 9.10. The average Bonchev–Trinajstić information content (AvgIpc) is 2.39. The standard InChI is InChI=1S/C21H28BrNO/c1-13-4-14(2)19(15(3)5-13)23-18(24)11-20-7-16-6-17(8-20)10-21(22,9-16)12-20/h4-5,16-17H,6-12H2,1-3H3,(H,23,24). The van der Waals surface area contributed by atoms with Gasteiger partial charge >= 0.3 is 0 Å². The van der Waals surface area contributed by atoms with Crippen LogP contribution in [0.3, 0.4) is 0 Å². The minimum absolute atomic E-state index is 0.211. The normalized spacial score (nSPS) is 36.8. The summed E-state index contributed by atoms with van der Waals surface area (Å²) in [6, 6.07) is 4.31. The molecule has 0 saturated heterocycles. The number of carbonyl (C=O) groups is 1. The van der Waals surface area contributed by atoms with Crippen molar-refractivity contribution in [3.05, 3.63) is 28.8 Å². The second-order valence-electron chi connectivity index (χ2n) is 9.11. The molecular weight excluding hydrogens is 362 g/mol. The molecule has 2 nitrogen and oxygen atoms in total.